The fourth-order valence-corrected chi connectivity index (χ4v) is 1.27. The van der Waals surface area contributed by atoms with E-state index in [-0.39, 0.29) is 5.56 Å². The Hall–Kier alpha value is -1.09. The van der Waals surface area contributed by atoms with Gasteiger partial charge < -0.3 is 9.88 Å². The van der Waals surface area contributed by atoms with Crippen LogP contribution in [0.15, 0.2) is 29.2 Å². The van der Waals surface area contributed by atoms with Gasteiger partial charge in [0, 0.05) is 25.4 Å². The molecule has 0 aliphatic heterocycles. The second kappa shape index (κ2) is 6.38. The predicted molar refractivity (Wildman–Crippen MR) is 58.5 cm³/mol. The summed E-state index contributed by atoms with van der Waals surface area (Å²) in [6, 6.07) is 5.24. The fourth-order valence-electron chi connectivity index (χ4n) is 1.27. The van der Waals surface area contributed by atoms with Crippen LogP contribution in [0.4, 0.5) is 0 Å². The third-order valence-corrected chi connectivity index (χ3v) is 2.14. The second-order valence-electron chi connectivity index (χ2n) is 3.34. The van der Waals surface area contributed by atoms with Crippen LogP contribution < -0.4 is 10.9 Å². The number of rotatable bonds is 6. The Morgan fingerprint density at radius 3 is 2.93 bits per heavy atom. The smallest absolute Gasteiger partial charge is 0.250 e. The van der Waals surface area contributed by atoms with E-state index in [2.05, 4.69) is 12.2 Å². The highest BCUT2D eigenvalue weighted by molar-refractivity contribution is 4.93. The summed E-state index contributed by atoms with van der Waals surface area (Å²) in [7, 11) is 0. The summed E-state index contributed by atoms with van der Waals surface area (Å²) < 4.78 is 1.72. The molecule has 78 valence electrons. The van der Waals surface area contributed by atoms with Gasteiger partial charge in [0.2, 0.25) is 0 Å². The summed E-state index contributed by atoms with van der Waals surface area (Å²) in [5, 5.41) is 3.30. The Bertz CT molecular complexity index is 306. The zero-order chi connectivity index (χ0) is 10.2. The molecule has 0 saturated carbocycles. The fraction of sp³-hybridized carbons (Fsp3) is 0.545. The van der Waals surface area contributed by atoms with Gasteiger partial charge in [-0.05, 0) is 19.0 Å². The minimum atomic E-state index is 0.0739. The van der Waals surface area contributed by atoms with Gasteiger partial charge in [0.15, 0.2) is 0 Å². The van der Waals surface area contributed by atoms with Crippen molar-refractivity contribution in [2.24, 2.45) is 0 Å². The van der Waals surface area contributed by atoms with Crippen molar-refractivity contribution in [1.82, 2.24) is 9.88 Å². The molecule has 0 bridgehead atoms. The van der Waals surface area contributed by atoms with Gasteiger partial charge >= 0.3 is 0 Å². The Kier molecular flexibility index (Phi) is 5.00. The Labute approximate surface area is 84.8 Å². The molecule has 14 heavy (non-hydrogen) atoms. The lowest BCUT2D eigenvalue weighted by Gasteiger charge is -2.05. The van der Waals surface area contributed by atoms with Gasteiger partial charge in [-0.15, -0.1) is 0 Å². The van der Waals surface area contributed by atoms with Crippen molar-refractivity contribution < 1.29 is 0 Å². The van der Waals surface area contributed by atoms with Gasteiger partial charge in [0.1, 0.15) is 0 Å². The number of hydrogen-bond acceptors (Lipinski definition) is 2. The summed E-state index contributed by atoms with van der Waals surface area (Å²) in [5.74, 6) is 0. The molecule has 0 aliphatic carbocycles. The van der Waals surface area contributed by atoms with E-state index in [0.717, 1.165) is 19.6 Å². The van der Waals surface area contributed by atoms with Gasteiger partial charge in [-0.2, -0.15) is 0 Å². The van der Waals surface area contributed by atoms with Gasteiger partial charge in [-0.3, -0.25) is 4.79 Å². The Morgan fingerprint density at radius 2 is 2.21 bits per heavy atom. The Morgan fingerprint density at radius 1 is 1.36 bits per heavy atom. The third kappa shape index (κ3) is 3.75. The molecule has 3 heteroatoms. The summed E-state index contributed by atoms with van der Waals surface area (Å²) >= 11 is 0. The lowest BCUT2D eigenvalue weighted by atomic mass is 10.3. The van der Waals surface area contributed by atoms with E-state index in [1.165, 1.54) is 12.8 Å². The first-order valence-electron chi connectivity index (χ1n) is 5.21. The molecular formula is C11H18N2O. The van der Waals surface area contributed by atoms with E-state index >= 15 is 0 Å². The largest absolute Gasteiger partial charge is 0.315 e. The molecule has 0 radical (unpaired) electrons. The van der Waals surface area contributed by atoms with Crippen LogP contribution in [-0.2, 0) is 6.54 Å². The molecule has 0 saturated heterocycles. The molecule has 1 aromatic heterocycles. The first-order valence-corrected chi connectivity index (χ1v) is 5.21. The number of nitrogens with zero attached hydrogens (tertiary/aromatic N) is 1. The average molecular weight is 194 g/mol. The number of hydrogen-bond donors (Lipinski definition) is 1. The highest BCUT2D eigenvalue weighted by atomic mass is 16.1. The quantitative estimate of drug-likeness (QED) is 0.691. The maximum Gasteiger partial charge on any atom is 0.250 e. The molecule has 0 spiro atoms. The van der Waals surface area contributed by atoms with E-state index < -0.39 is 0 Å². The topological polar surface area (TPSA) is 34.0 Å². The molecule has 3 nitrogen and oxygen atoms in total. The molecule has 0 atom stereocenters. The number of aromatic nitrogens is 1. The van der Waals surface area contributed by atoms with Crippen molar-refractivity contribution in [1.29, 1.82) is 0 Å². The van der Waals surface area contributed by atoms with E-state index in [9.17, 15) is 4.79 Å². The molecule has 0 fully saturated rings. The van der Waals surface area contributed by atoms with Crippen molar-refractivity contribution >= 4 is 0 Å². The number of pyridine rings is 1. The molecule has 1 N–H and O–H groups in total. The maximum atomic E-state index is 11.3. The minimum absolute atomic E-state index is 0.0739. The van der Waals surface area contributed by atoms with Gasteiger partial charge in [-0.1, -0.05) is 19.4 Å². The van der Waals surface area contributed by atoms with Crippen LogP contribution in [-0.4, -0.2) is 17.7 Å². The van der Waals surface area contributed by atoms with E-state index in [0.29, 0.717) is 0 Å². The van der Waals surface area contributed by atoms with Crippen molar-refractivity contribution in [3.63, 3.8) is 0 Å². The zero-order valence-corrected chi connectivity index (χ0v) is 8.70. The summed E-state index contributed by atoms with van der Waals surface area (Å²) in [5.41, 5.74) is 0.0739. The van der Waals surface area contributed by atoms with E-state index in [4.69, 9.17) is 0 Å². The van der Waals surface area contributed by atoms with Crippen LogP contribution in [0.3, 0.4) is 0 Å². The average Bonchev–Trinajstić information content (AvgIpc) is 2.20. The third-order valence-electron chi connectivity index (χ3n) is 2.14. The molecule has 0 aliphatic rings. The minimum Gasteiger partial charge on any atom is -0.315 e. The van der Waals surface area contributed by atoms with Crippen molar-refractivity contribution in [3.8, 4) is 0 Å². The van der Waals surface area contributed by atoms with Crippen molar-refractivity contribution in [2.45, 2.75) is 26.3 Å². The van der Waals surface area contributed by atoms with Crippen LogP contribution >= 0.6 is 0 Å². The van der Waals surface area contributed by atoms with Gasteiger partial charge in [0.05, 0.1) is 0 Å². The molecule has 1 rings (SSSR count). The molecule has 0 amide bonds. The highest BCUT2D eigenvalue weighted by Gasteiger charge is 1.92. The van der Waals surface area contributed by atoms with E-state index in [1.807, 2.05) is 12.3 Å². The summed E-state index contributed by atoms with van der Waals surface area (Å²) in [6.45, 7) is 4.83. The molecular weight excluding hydrogens is 176 g/mol. The second-order valence-corrected chi connectivity index (χ2v) is 3.34. The molecule has 0 unspecified atom stereocenters. The standard InChI is InChI=1S/C11H18N2O/c1-2-3-7-12-8-10-13-9-5-4-6-11(13)14/h4-6,9,12H,2-3,7-8,10H2,1H3. The normalized spacial score (nSPS) is 10.4. The van der Waals surface area contributed by atoms with Crippen LogP contribution in [0.25, 0.3) is 0 Å². The maximum absolute atomic E-state index is 11.3. The summed E-state index contributed by atoms with van der Waals surface area (Å²) in [4.78, 5) is 11.3. The van der Waals surface area contributed by atoms with Crippen LogP contribution in [0.2, 0.25) is 0 Å². The van der Waals surface area contributed by atoms with Crippen LogP contribution in [0.1, 0.15) is 19.8 Å². The van der Waals surface area contributed by atoms with Crippen LogP contribution in [0, 0.1) is 0 Å². The first-order chi connectivity index (χ1) is 6.84. The van der Waals surface area contributed by atoms with Crippen LogP contribution in [0.5, 0.6) is 0 Å². The monoisotopic (exact) mass is 194 g/mol. The first kappa shape index (κ1) is 11.0. The van der Waals surface area contributed by atoms with Gasteiger partial charge in [0.25, 0.3) is 5.56 Å². The summed E-state index contributed by atoms with van der Waals surface area (Å²) in [6.07, 6.45) is 4.23. The number of nitrogens with one attached hydrogen (secondary N) is 1. The van der Waals surface area contributed by atoms with Gasteiger partial charge in [-0.25, -0.2) is 0 Å². The predicted octanol–water partition coefficient (Wildman–Crippen LogP) is 1.24. The van der Waals surface area contributed by atoms with Crippen molar-refractivity contribution in [2.75, 3.05) is 13.1 Å². The number of unbranched alkanes of at least 4 members (excludes halogenated alkanes) is 1. The highest BCUT2D eigenvalue weighted by Crippen LogP contribution is 1.83. The zero-order valence-electron chi connectivity index (χ0n) is 8.70. The lowest BCUT2D eigenvalue weighted by Crippen LogP contribution is -2.26. The van der Waals surface area contributed by atoms with E-state index in [1.54, 1.807) is 16.7 Å². The molecule has 0 aromatic carbocycles. The van der Waals surface area contributed by atoms with Crippen molar-refractivity contribution in [3.05, 3.63) is 34.7 Å². The Balaban J connectivity index is 2.25. The lowest BCUT2D eigenvalue weighted by molar-refractivity contribution is 0.570. The molecule has 1 heterocycles. The SMILES string of the molecule is CCCCNCCn1ccccc1=O. The molecule has 1 aromatic rings.